The number of alkyl halides is 3. The molecule has 0 radical (unpaired) electrons. The SMILES string of the molecule is O=C(c1ccc(OCc2ccccc2)cc1Br)N1CCCCC1C(F)(F)F. The third kappa shape index (κ3) is 4.83. The van der Waals surface area contributed by atoms with Crippen molar-refractivity contribution in [2.24, 2.45) is 0 Å². The zero-order valence-corrected chi connectivity index (χ0v) is 16.1. The number of ether oxygens (including phenoxy) is 1. The molecule has 0 saturated carbocycles. The van der Waals surface area contributed by atoms with E-state index in [1.807, 2.05) is 30.3 Å². The van der Waals surface area contributed by atoms with Crippen LogP contribution in [0.5, 0.6) is 5.75 Å². The van der Waals surface area contributed by atoms with Gasteiger partial charge in [0.05, 0.1) is 5.56 Å². The lowest BCUT2D eigenvalue weighted by molar-refractivity contribution is -0.183. The first-order valence-electron chi connectivity index (χ1n) is 8.70. The second kappa shape index (κ2) is 8.33. The number of hydrogen-bond acceptors (Lipinski definition) is 2. The van der Waals surface area contributed by atoms with Crippen LogP contribution in [0.3, 0.4) is 0 Å². The highest BCUT2D eigenvalue weighted by Crippen LogP contribution is 2.34. The molecule has 3 nitrogen and oxygen atoms in total. The number of benzene rings is 2. The Bertz CT molecular complexity index is 796. The highest BCUT2D eigenvalue weighted by Gasteiger charge is 2.46. The van der Waals surface area contributed by atoms with Gasteiger partial charge in [-0.25, -0.2) is 0 Å². The summed E-state index contributed by atoms with van der Waals surface area (Å²) in [4.78, 5) is 13.7. The fraction of sp³-hybridized carbons (Fsp3) is 0.350. The van der Waals surface area contributed by atoms with E-state index in [4.69, 9.17) is 4.74 Å². The summed E-state index contributed by atoms with van der Waals surface area (Å²) in [7, 11) is 0. The van der Waals surface area contributed by atoms with Gasteiger partial charge in [0.25, 0.3) is 5.91 Å². The summed E-state index contributed by atoms with van der Waals surface area (Å²) in [6, 6.07) is 12.6. The van der Waals surface area contributed by atoms with Crippen LogP contribution in [0.25, 0.3) is 0 Å². The van der Waals surface area contributed by atoms with Crippen molar-refractivity contribution < 1.29 is 22.7 Å². The Labute approximate surface area is 164 Å². The number of carbonyl (C=O) groups is 1. The molecule has 1 saturated heterocycles. The van der Waals surface area contributed by atoms with Crippen LogP contribution in [0.4, 0.5) is 13.2 Å². The minimum absolute atomic E-state index is 0.0505. The van der Waals surface area contributed by atoms with E-state index in [0.29, 0.717) is 29.7 Å². The van der Waals surface area contributed by atoms with Gasteiger partial charge in [0, 0.05) is 11.0 Å². The van der Waals surface area contributed by atoms with E-state index in [0.717, 1.165) is 10.5 Å². The number of nitrogens with zero attached hydrogens (tertiary/aromatic N) is 1. The van der Waals surface area contributed by atoms with E-state index in [1.54, 1.807) is 12.1 Å². The maximum atomic E-state index is 13.3. The molecule has 27 heavy (non-hydrogen) atoms. The van der Waals surface area contributed by atoms with E-state index < -0.39 is 18.1 Å². The van der Waals surface area contributed by atoms with Crippen LogP contribution in [0.2, 0.25) is 0 Å². The summed E-state index contributed by atoms with van der Waals surface area (Å²) in [5.41, 5.74) is 1.20. The number of hydrogen-bond donors (Lipinski definition) is 0. The van der Waals surface area contributed by atoms with Crippen LogP contribution in [0.15, 0.2) is 53.0 Å². The molecule has 0 aromatic heterocycles. The third-order valence-electron chi connectivity index (χ3n) is 4.56. The van der Waals surface area contributed by atoms with Gasteiger partial charge < -0.3 is 9.64 Å². The lowest BCUT2D eigenvalue weighted by Crippen LogP contribution is -2.51. The number of amides is 1. The molecule has 0 spiro atoms. The Morgan fingerprint density at radius 1 is 1.15 bits per heavy atom. The largest absolute Gasteiger partial charge is 0.489 e. The maximum Gasteiger partial charge on any atom is 0.408 e. The standard InChI is InChI=1S/C20H19BrF3NO2/c21-17-12-15(27-13-14-6-2-1-3-7-14)9-10-16(17)19(26)25-11-5-4-8-18(25)20(22,23)24/h1-3,6-7,9-10,12,18H,4-5,8,11,13H2. The molecule has 7 heteroatoms. The highest BCUT2D eigenvalue weighted by molar-refractivity contribution is 9.10. The number of rotatable bonds is 4. The molecular formula is C20H19BrF3NO2. The first kappa shape index (κ1) is 19.7. The average molecular weight is 442 g/mol. The predicted octanol–water partition coefficient (Wildman–Crippen LogP) is 5.59. The van der Waals surface area contributed by atoms with Crippen molar-refractivity contribution >= 4 is 21.8 Å². The molecule has 1 heterocycles. The van der Waals surface area contributed by atoms with E-state index >= 15 is 0 Å². The van der Waals surface area contributed by atoms with Crippen molar-refractivity contribution in [3.63, 3.8) is 0 Å². The van der Waals surface area contributed by atoms with E-state index in [2.05, 4.69) is 15.9 Å². The lowest BCUT2D eigenvalue weighted by atomic mass is 10.0. The topological polar surface area (TPSA) is 29.5 Å². The Morgan fingerprint density at radius 2 is 1.89 bits per heavy atom. The minimum atomic E-state index is -4.42. The summed E-state index contributed by atoms with van der Waals surface area (Å²) in [5.74, 6) is -0.0770. The van der Waals surface area contributed by atoms with Crippen LogP contribution in [-0.2, 0) is 6.61 Å². The van der Waals surface area contributed by atoms with Crippen LogP contribution < -0.4 is 4.74 Å². The summed E-state index contributed by atoms with van der Waals surface area (Å²) >= 11 is 3.30. The Kier molecular flexibility index (Phi) is 6.09. The fourth-order valence-electron chi connectivity index (χ4n) is 3.17. The van der Waals surface area contributed by atoms with Crippen molar-refractivity contribution in [3.05, 3.63) is 64.1 Å². The summed E-state index contributed by atoms with van der Waals surface area (Å²) < 4.78 is 45.9. The molecule has 0 bridgehead atoms. The summed E-state index contributed by atoms with van der Waals surface area (Å²) in [5, 5.41) is 0. The van der Waals surface area contributed by atoms with Crippen molar-refractivity contribution in [3.8, 4) is 5.75 Å². The van der Waals surface area contributed by atoms with Gasteiger partial charge in [0.2, 0.25) is 0 Å². The normalized spacial score (nSPS) is 17.6. The Morgan fingerprint density at radius 3 is 2.56 bits per heavy atom. The summed E-state index contributed by atoms with van der Waals surface area (Å²) in [6.45, 7) is 0.477. The second-order valence-corrected chi connectivity index (χ2v) is 7.32. The van der Waals surface area contributed by atoms with Gasteiger partial charge in [-0.15, -0.1) is 0 Å². The number of halogens is 4. The Hall–Kier alpha value is -2.02. The molecule has 1 amide bonds. The quantitative estimate of drug-likeness (QED) is 0.619. The maximum absolute atomic E-state index is 13.3. The van der Waals surface area contributed by atoms with Crippen LogP contribution in [0, 0.1) is 0 Å². The van der Waals surface area contributed by atoms with Gasteiger partial charge in [-0.2, -0.15) is 13.2 Å². The van der Waals surface area contributed by atoms with Crippen molar-refractivity contribution in [1.29, 1.82) is 0 Å². The fourth-order valence-corrected chi connectivity index (χ4v) is 3.70. The van der Waals surface area contributed by atoms with Gasteiger partial charge in [0.15, 0.2) is 0 Å². The molecule has 3 rings (SSSR count). The van der Waals surface area contributed by atoms with E-state index in [9.17, 15) is 18.0 Å². The predicted molar refractivity (Wildman–Crippen MR) is 99.6 cm³/mol. The van der Waals surface area contributed by atoms with Gasteiger partial charge in [0.1, 0.15) is 18.4 Å². The molecule has 144 valence electrons. The van der Waals surface area contributed by atoms with Gasteiger partial charge in [-0.3, -0.25) is 4.79 Å². The number of piperidine rings is 1. The van der Waals surface area contributed by atoms with Crippen LogP contribution in [0.1, 0.15) is 35.2 Å². The highest BCUT2D eigenvalue weighted by atomic mass is 79.9. The van der Waals surface area contributed by atoms with Crippen LogP contribution in [-0.4, -0.2) is 29.6 Å². The smallest absolute Gasteiger partial charge is 0.408 e. The molecule has 1 aliphatic heterocycles. The summed E-state index contributed by atoms with van der Waals surface area (Å²) in [6.07, 6.45) is -3.41. The first-order chi connectivity index (χ1) is 12.9. The van der Waals surface area contributed by atoms with E-state index in [-0.39, 0.29) is 18.5 Å². The third-order valence-corrected chi connectivity index (χ3v) is 5.22. The first-order valence-corrected chi connectivity index (χ1v) is 9.49. The molecule has 0 N–H and O–H groups in total. The zero-order chi connectivity index (χ0) is 19.4. The van der Waals surface area contributed by atoms with Gasteiger partial charge >= 0.3 is 6.18 Å². The van der Waals surface area contributed by atoms with Crippen LogP contribution >= 0.6 is 15.9 Å². The molecule has 0 aliphatic carbocycles. The number of carbonyl (C=O) groups excluding carboxylic acids is 1. The Balaban J connectivity index is 1.73. The van der Waals surface area contributed by atoms with Gasteiger partial charge in [-0.05, 0) is 59.0 Å². The average Bonchev–Trinajstić information content (AvgIpc) is 2.66. The minimum Gasteiger partial charge on any atom is -0.489 e. The van der Waals surface area contributed by atoms with Crippen molar-refractivity contribution in [2.75, 3.05) is 6.54 Å². The van der Waals surface area contributed by atoms with E-state index in [1.165, 1.54) is 6.07 Å². The molecular weight excluding hydrogens is 423 g/mol. The molecule has 1 unspecified atom stereocenters. The molecule has 1 aliphatic rings. The second-order valence-electron chi connectivity index (χ2n) is 6.47. The monoisotopic (exact) mass is 441 g/mol. The van der Waals surface area contributed by atoms with Crippen molar-refractivity contribution in [2.45, 2.75) is 38.1 Å². The molecule has 2 aromatic rings. The molecule has 1 atom stereocenters. The van der Waals surface area contributed by atoms with Gasteiger partial charge in [-0.1, -0.05) is 30.3 Å². The number of likely N-dealkylation sites (tertiary alicyclic amines) is 1. The van der Waals surface area contributed by atoms with Crippen molar-refractivity contribution in [1.82, 2.24) is 4.90 Å². The lowest BCUT2D eigenvalue weighted by Gasteiger charge is -2.37. The zero-order valence-electron chi connectivity index (χ0n) is 14.5. The molecule has 2 aromatic carbocycles. The molecule has 1 fully saturated rings.